The van der Waals surface area contributed by atoms with E-state index in [9.17, 15) is 9.90 Å². The second kappa shape index (κ2) is 12.4. The summed E-state index contributed by atoms with van der Waals surface area (Å²) < 4.78 is 11.5. The molecule has 1 aliphatic heterocycles. The van der Waals surface area contributed by atoms with Crippen LogP contribution in [0.5, 0.6) is 5.75 Å². The van der Waals surface area contributed by atoms with Crippen molar-refractivity contribution >= 4 is 17.5 Å². The van der Waals surface area contributed by atoms with E-state index in [0.717, 1.165) is 55.9 Å². The summed E-state index contributed by atoms with van der Waals surface area (Å²) in [4.78, 5) is 18.9. The molecule has 0 bridgehead atoms. The molecule has 2 atom stereocenters. The molecule has 2 aliphatic rings. The highest BCUT2D eigenvalue weighted by atomic mass is 16.5. The quantitative estimate of drug-likeness (QED) is 0.457. The topological polar surface area (TPSA) is 121 Å². The Morgan fingerprint density at radius 2 is 1.97 bits per heavy atom. The maximum atomic E-state index is 12.3. The average molecular weight is 499 g/mol. The van der Waals surface area contributed by atoms with Crippen LogP contribution in [0.3, 0.4) is 0 Å². The number of nitrogens with one attached hydrogen (secondary N) is 1. The van der Waals surface area contributed by atoms with Crippen LogP contribution in [-0.2, 0) is 4.79 Å². The van der Waals surface area contributed by atoms with Gasteiger partial charge in [0.15, 0.2) is 5.82 Å². The van der Waals surface area contributed by atoms with Crippen LogP contribution in [0.15, 0.2) is 34.9 Å². The number of hydrogen-bond acceptors (Lipinski definition) is 8. The van der Waals surface area contributed by atoms with Crippen LogP contribution in [0.2, 0.25) is 0 Å². The number of amides is 1. The summed E-state index contributed by atoms with van der Waals surface area (Å²) in [6, 6.07) is 8.84. The fourth-order valence-corrected chi connectivity index (χ4v) is 4.62. The molecule has 1 fully saturated rings. The second-order valence-corrected chi connectivity index (χ2v) is 10.1. The number of carbonyl (C=O) groups is 1. The molecule has 1 amide bonds. The summed E-state index contributed by atoms with van der Waals surface area (Å²) in [5.41, 5.74) is 2.40. The molecule has 1 unspecified atom stereocenters. The van der Waals surface area contributed by atoms with Crippen molar-refractivity contribution in [1.82, 2.24) is 15.5 Å². The van der Waals surface area contributed by atoms with Crippen LogP contribution in [-0.4, -0.2) is 65.2 Å². The molecule has 0 saturated carbocycles. The van der Waals surface area contributed by atoms with Crippen molar-refractivity contribution in [2.24, 2.45) is 11.8 Å². The molecule has 1 aliphatic carbocycles. The minimum absolute atomic E-state index is 0.0650. The normalized spacial score (nSPS) is 19.8. The van der Waals surface area contributed by atoms with E-state index in [1.54, 1.807) is 0 Å². The number of rotatable bonds is 10. The van der Waals surface area contributed by atoms with Crippen molar-refractivity contribution in [3.05, 3.63) is 41.7 Å². The molecule has 1 aromatic heterocycles. The molecule has 3 N–H and O–H groups in total. The Morgan fingerprint density at radius 1 is 1.22 bits per heavy atom. The fraction of sp³-hybridized carbons (Fsp3) is 0.593. The summed E-state index contributed by atoms with van der Waals surface area (Å²) in [7, 11) is 0. The van der Waals surface area contributed by atoms with Gasteiger partial charge in [-0.05, 0) is 61.3 Å². The van der Waals surface area contributed by atoms with Crippen molar-refractivity contribution in [2.75, 3.05) is 37.7 Å². The molecule has 9 nitrogen and oxygen atoms in total. The van der Waals surface area contributed by atoms with Gasteiger partial charge in [0, 0.05) is 31.5 Å². The van der Waals surface area contributed by atoms with Crippen LogP contribution >= 0.6 is 0 Å². The van der Waals surface area contributed by atoms with Crippen molar-refractivity contribution in [3.63, 3.8) is 0 Å². The first-order valence-corrected chi connectivity index (χ1v) is 13.0. The highest BCUT2D eigenvalue weighted by Crippen LogP contribution is 2.31. The first-order chi connectivity index (χ1) is 17.4. The summed E-state index contributed by atoms with van der Waals surface area (Å²) in [6.45, 7) is 6.32. The number of hydrogen-bond donors (Lipinski definition) is 3. The SMILES string of the molecule is CC(C)c1noc(N2CCC(COc3ccc(C4=CCC(C(=O)NC[C@@H](O)CO)CC4)cc3)CC2)n1. The number of carbonyl (C=O) groups excluding carboxylic acids is 1. The Balaban J connectivity index is 1.20. The summed E-state index contributed by atoms with van der Waals surface area (Å²) in [6.07, 6.45) is 5.55. The van der Waals surface area contributed by atoms with E-state index in [1.165, 1.54) is 5.57 Å². The lowest BCUT2D eigenvalue weighted by atomic mass is 9.86. The predicted molar refractivity (Wildman–Crippen MR) is 137 cm³/mol. The van der Waals surface area contributed by atoms with Crippen LogP contribution in [0, 0.1) is 11.8 Å². The average Bonchev–Trinajstić information content (AvgIpc) is 3.42. The molecule has 196 valence electrons. The molecule has 0 radical (unpaired) electrons. The van der Waals surface area contributed by atoms with E-state index in [-0.39, 0.29) is 30.9 Å². The van der Waals surface area contributed by atoms with Gasteiger partial charge in [-0.15, -0.1) is 0 Å². The molecule has 0 spiro atoms. The van der Waals surface area contributed by atoms with Crippen LogP contribution in [0.1, 0.15) is 63.3 Å². The van der Waals surface area contributed by atoms with E-state index in [1.807, 2.05) is 12.1 Å². The van der Waals surface area contributed by atoms with E-state index in [0.29, 0.717) is 25.0 Å². The number of ether oxygens (including phenoxy) is 1. The Bertz CT molecular complexity index is 1010. The van der Waals surface area contributed by atoms with Crippen molar-refractivity contribution in [2.45, 2.75) is 58.0 Å². The molecule has 9 heteroatoms. The fourth-order valence-electron chi connectivity index (χ4n) is 4.62. The van der Waals surface area contributed by atoms with Crippen molar-refractivity contribution in [3.8, 4) is 5.75 Å². The molecule has 1 saturated heterocycles. The number of benzene rings is 1. The van der Waals surface area contributed by atoms with Crippen LogP contribution in [0.4, 0.5) is 6.01 Å². The molecule has 2 heterocycles. The molecule has 4 rings (SSSR count). The third kappa shape index (κ3) is 6.85. The number of aliphatic hydroxyl groups excluding tert-OH is 2. The molecule has 36 heavy (non-hydrogen) atoms. The number of piperidine rings is 1. The van der Waals surface area contributed by atoms with Crippen molar-refractivity contribution in [1.29, 1.82) is 0 Å². The Kier molecular flexibility index (Phi) is 8.98. The van der Waals surface area contributed by atoms with Gasteiger partial charge in [-0.2, -0.15) is 4.98 Å². The maximum absolute atomic E-state index is 12.3. The minimum atomic E-state index is -0.910. The van der Waals surface area contributed by atoms with Gasteiger partial charge in [0.05, 0.1) is 19.3 Å². The van der Waals surface area contributed by atoms with Gasteiger partial charge >= 0.3 is 6.01 Å². The monoisotopic (exact) mass is 498 g/mol. The Labute approximate surface area is 212 Å². The maximum Gasteiger partial charge on any atom is 0.324 e. The highest BCUT2D eigenvalue weighted by molar-refractivity contribution is 5.80. The van der Waals surface area contributed by atoms with Gasteiger partial charge in [0.25, 0.3) is 0 Å². The third-order valence-electron chi connectivity index (χ3n) is 7.05. The van der Waals surface area contributed by atoms with Crippen molar-refractivity contribution < 1.29 is 24.3 Å². The predicted octanol–water partition coefficient (Wildman–Crippen LogP) is 3.14. The lowest BCUT2D eigenvalue weighted by molar-refractivity contribution is -0.125. The van der Waals surface area contributed by atoms with E-state index in [4.69, 9.17) is 14.4 Å². The molecule has 1 aromatic carbocycles. The standard InChI is InChI=1S/C27H38N4O5/c1-18(2)25-29-27(36-30-25)31-13-11-19(12-14-31)17-35-24-9-7-21(8-10-24)20-3-5-22(6-4-20)26(34)28-15-23(33)16-32/h3,7-10,18-19,22-23,32-33H,4-6,11-17H2,1-2H3,(H,28,34)/t22?,23-/m1/s1. The van der Waals surface area contributed by atoms with E-state index >= 15 is 0 Å². The zero-order valence-electron chi connectivity index (χ0n) is 21.2. The lowest BCUT2D eigenvalue weighted by Gasteiger charge is -2.30. The van der Waals surface area contributed by atoms with E-state index in [2.05, 4.69) is 52.4 Å². The summed E-state index contributed by atoms with van der Waals surface area (Å²) >= 11 is 0. The van der Waals surface area contributed by atoms with Gasteiger partial charge < -0.3 is 29.7 Å². The highest BCUT2D eigenvalue weighted by Gasteiger charge is 2.25. The molecule has 2 aromatic rings. The number of nitrogens with zero attached hydrogens (tertiary/aromatic N) is 3. The largest absolute Gasteiger partial charge is 0.493 e. The lowest BCUT2D eigenvalue weighted by Crippen LogP contribution is -2.38. The number of aromatic nitrogens is 2. The first kappa shape index (κ1) is 26.2. The third-order valence-corrected chi connectivity index (χ3v) is 7.05. The Hall–Kier alpha value is -2.91. The number of allylic oxidation sites excluding steroid dienone is 2. The van der Waals surface area contributed by atoms with Gasteiger partial charge in [0.1, 0.15) is 5.75 Å². The van der Waals surface area contributed by atoms with Gasteiger partial charge in [-0.1, -0.05) is 37.2 Å². The molecular weight excluding hydrogens is 460 g/mol. The molecular formula is C27H38N4O5. The first-order valence-electron chi connectivity index (χ1n) is 13.0. The second-order valence-electron chi connectivity index (χ2n) is 10.1. The number of aliphatic hydroxyl groups is 2. The van der Waals surface area contributed by atoms with Gasteiger partial charge in [-0.25, -0.2) is 0 Å². The number of anilines is 1. The summed E-state index contributed by atoms with van der Waals surface area (Å²) in [5.74, 6) is 2.22. The smallest absolute Gasteiger partial charge is 0.324 e. The Morgan fingerprint density at radius 3 is 2.58 bits per heavy atom. The van der Waals surface area contributed by atoms with Crippen LogP contribution in [0.25, 0.3) is 5.57 Å². The summed E-state index contributed by atoms with van der Waals surface area (Å²) in [5, 5.41) is 25.1. The van der Waals surface area contributed by atoms with E-state index < -0.39 is 6.10 Å². The zero-order valence-corrected chi connectivity index (χ0v) is 21.2. The van der Waals surface area contributed by atoms with Gasteiger partial charge in [0.2, 0.25) is 5.91 Å². The van der Waals surface area contributed by atoms with Gasteiger partial charge in [-0.3, -0.25) is 4.79 Å². The minimum Gasteiger partial charge on any atom is -0.493 e. The van der Waals surface area contributed by atoms with Crippen LogP contribution < -0.4 is 15.0 Å². The zero-order chi connectivity index (χ0) is 25.5.